The second kappa shape index (κ2) is 6.67. The van der Waals surface area contributed by atoms with Crippen molar-refractivity contribution >= 4 is 16.8 Å². The molecular formula is C20H22N4O. The number of hydrogen-bond donors (Lipinski definition) is 0. The zero-order chi connectivity index (χ0) is 17.2. The van der Waals surface area contributed by atoms with Crippen LogP contribution in [0, 0.1) is 5.92 Å². The predicted octanol–water partition coefficient (Wildman–Crippen LogP) is 3.06. The molecule has 0 radical (unpaired) electrons. The van der Waals surface area contributed by atoms with Crippen molar-refractivity contribution in [2.75, 3.05) is 13.1 Å². The van der Waals surface area contributed by atoms with Crippen molar-refractivity contribution in [1.29, 1.82) is 0 Å². The van der Waals surface area contributed by atoms with Crippen LogP contribution in [0.1, 0.15) is 28.9 Å². The second-order valence-corrected chi connectivity index (χ2v) is 6.88. The van der Waals surface area contributed by atoms with E-state index in [4.69, 9.17) is 0 Å². The maximum Gasteiger partial charge on any atom is 0.274 e. The molecule has 5 nitrogen and oxygen atoms in total. The Bertz CT molecular complexity index is 896. The molecule has 0 unspecified atom stereocenters. The Hall–Kier alpha value is -2.69. The molecule has 128 valence electrons. The van der Waals surface area contributed by atoms with Crippen molar-refractivity contribution in [2.24, 2.45) is 13.0 Å². The number of fused-ring (bicyclic) bond motifs is 1. The zero-order valence-electron chi connectivity index (χ0n) is 14.4. The number of hydrogen-bond acceptors (Lipinski definition) is 3. The van der Waals surface area contributed by atoms with Crippen molar-refractivity contribution in [2.45, 2.75) is 19.3 Å². The summed E-state index contributed by atoms with van der Waals surface area (Å²) in [6.45, 7) is 1.62. The molecule has 1 aromatic carbocycles. The van der Waals surface area contributed by atoms with Gasteiger partial charge in [0.2, 0.25) is 0 Å². The van der Waals surface area contributed by atoms with Crippen molar-refractivity contribution in [3.63, 3.8) is 0 Å². The Morgan fingerprint density at radius 3 is 3.00 bits per heavy atom. The van der Waals surface area contributed by atoms with E-state index >= 15 is 0 Å². The minimum absolute atomic E-state index is 0.0462. The van der Waals surface area contributed by atoms with Crippen LogP contribution < -0.4 is 0 Å². The molecular weight excluding hydrogens is 312 g/mol. The van der Waals surface area contributed by atoms with Gasteiger partial charge in [-0.25, -0.2) is 4.98 Å². The number of pyridine rings is 1. The van der Waals surface area contributed by atoms with Gasteiger partial charge in [-0.2, -0.15) is 0 Å². The summed E-state index contributed by atoms with van der Waals surface area (Å²) in [6.07, 6.45) is 8.49. The third-order valence-electron chi connectivity index (χ3n) is 4.97. The number of likely N-dealkylation sites (tertiary alicyclic amines) is 1. The first-order valence-electron chi connectivity index (χ1n) is 8.80. The molecule has 1 amide bonds. The normalized spacial score (nSPS) is 17.8. The maximum atomic E-state index is 12.7. The number of aryl methyl sites for hydroxylation is 1. The first kappa shape index (κ1) is 15.8. The fourth-order valence-corrected chi connectivity index (χ4v) is 3.76. The van der Waals surface area contributed by atoms with Gasteiger partial charge in [0, 0.05) is 37.9 Å². The second-order valence-electron chi connectivity index (χ2n) is 6.88. The lowest BCUT2D eigenvalue weighted by molar-refractivity contribution is 0.0668. The molecule has 0 bridgehead atoms. The molecule has 25 heavy (non-hydrogen) atoms. The lowest BCUT2D eigenvalue weighted by Crippen LogP contribution is -2.40. The maximum absolute atomic E-state index is 12.7. The van der Waals surface area contributed by atoms with Gasteiger partial charge in [-0.05, 0) is 42.9 Å². The van der Waals surface area contributed by atoms with Crippen LogP contribution in [0.3, 0.4) is 0 Å². The Labute approximate surface area is 147 Å². The molecule has 1 atom stereocenters. The van der Waals surface area contributed by atoms with Crippen LogP contribution in [-0.4, -0.2) is 38.4 Å². The highest BCUT2D eigenvalue weighted by Crippen LogP contribution is 2.25. The molecule has 0 N–H and O–H groups in total. The fourth-order valence-electron chi connectivity index (χ4n) is 3.76. The van der Waals surface area contributed by atoms with E-state index in [1.165, 1.54) is 10.9 Å². The van der Waals surface area contributed by atoms with Crippen LogP contribution in [0.4, 0.5) is 0 Å². The van der Waals surface area contributed by atoms with Crippen LogP contribution in [0.5, 0.6) is 0 Å². The minimum atomic E-state index is 0.0462. The number of carbonyl (C=O) groups excluding carboxylic acids is 1. The van der Waals surface area contributed by atoms with Crippen molar-refractivity contribution < 1.29 is 4.79 Å². The van der Waals surface area contributed by atoms with Gasteiger partial charge < -0.3 is 9.47 Å². The average molecular weight is 334 g/mol. The number of aromatic nitrogens is 3. The number of amides is 1. The quantitative estimate of drug-likeness (QED) is 0.740. The fraction of sp³-hybridized carbons (Fsp3) is 0.350. The molecule has 5 heteroatoms. The van der Waals surface area contributed by atoms with Crippen molar-refractivity contribution in [1.82, 2.24) is 19.4 Å². The van der Waals surface area contributed by atoms with E-state index in [-0.39, 0.29) is 5.91 Å². The summed E-state index contributed by atoms with van der Waals surface area (Å²) in [5.74, 6) is 0.525. The monoisotopic (exact) mass is 334 g/mol. The number of benzene rings is 1. The first-order valence-corrected chi connectivity index (χ1v) is 8.80. The van der Waals surface area contributed by atoms with Crippen LogP contribution in [-0.2, 0) is 13.5 Å². The lowest BCUT2D eigenvalue weighted by Gasteiger charge is -2.32. The van der Waals surface area contributed by atoms with Gasteiger partial charge in [-0.1, -0.05) is 18.2 Å². The molecule has 0 spiro atoms. The van der Waals surface area contributed by atoms with E-state index < -0.39 is 0 Å². The summed E-state index contributed by atoms with van der Waals surface area (Å²) in [4.78, 5) is 23.3. The number of imidazole rings is 1. The Kier molecular flexibility index (Phi) is 4.22. The molecule has 4 rings (SSSR count). The highest BCUT2D eigenvalue weighted by atomic mass is 16.2. The molecule has 1 aliphatic rings. The Morgan fingerprint density at radius 2 is 2.16 bits per heavy atom. The van der Waals surface area contributed by atoms with Crippen molar-refractivity contribution in [3.05, 3.63) is 60.3 Å². The number of carbonyl (C=O) groups is 1. The van der Waals surface area contributed by atoms with Gasteiger partial charge in [0.25, 0.3) is 5.91 Å². The summed E-state index contributed by atoms with van der Waals surface area (Å²) in [6, 6.07) is 10.4. The van der Waals surface area contributed by atoms with Gasteiger partial charge in [-0.3, -0.25) is 9.78 Å². The standard InChI is InChI=1S/C20H22N4O/c1-23-13-19(22-14-23)20(25)24-10-4-5-15(12-24)11-16-6-2-8-18-17(16)7-3-9-21-18/h2-3,6-9,13-15H,4-5,10-12H2,1H3/t15-/m0/s1. The van der Waals surface area contributed by atoms with Gasteiger partial charge in [-0.15, -0.1) is 0 Å². The van der Waals surface area contributed by atoms with Crippen LogP contribution >= 0.6 is 0 Å². The van der Waals surface area contributed by atoms with Crippen LogP contribution in [0.2, 0.25) is 0 Å². The van der Waals surface area contributed by atoms with Gasteiger partial charge in [0.1, 0.15) is 5.69 Å². The largest absolute Gasteiger partial charge is 0.340 e. The topological polar surface area (TPSA) is 51.0 Å². The van der Waals surface area contributed by atoms with E-state index in [0.717, 1.165) is 37.9 Å². The third kappa shape index (κ3) is 3.27. The van der Waals surface area contributed by atoms with Crippen LogP contribution in [0.25, 0.3) is 10.9 Å². The molecule has 2 aromatic heterocycles. The summed E-state index contributed by atoms with van der Waals surface area (Å²) >= 11 is 0. The molecule has 0 saturated carbocycles. The van der Waals surface area contributed by atoms with Crippen LogP contribution in [0.15, 0.2) is 49.1 Å². The van der Waals surface area contributed by atoms with Gasteiger partial charge in [0.15, 0.2) is 0 Å². The van der Waals surface area contributed by atoms with Gasteiger partial charge >= 0.3 is 0 Å². The number of rotatable bonds is 3. The lowest BCUT2D eigenvalue weighted by atomic mass is 9.89. The first-order chi connectivity index (χ1) is 12.2. The Balaban J connectivity index is 1.50. The molecule has 0 aliphatic carbocycles. The van der Waals surface area contributed by atoms with E-state index in [1.54, 1.807) is 12.5 Å². The summed E-state index contributed by atoms with van der Waals surface area (Å²) in [7, 11) is 1.89. The highest BCUT2D eigenvalue weighted by Gasteiger charge is 2.26. The van der Waals surface area contributed by atoms with E-state index in [0.29, 0.717) is 11.6 Å². The number of piperidine rings is 1. The smallest absolute Gasteiger partial charge is 0.274 e. The van der Waals surface area contributed by atoms with Gasteiger partial charge in [0.05, 0.1) is 11.8 Å². The summed E-state index contributed by atoms with van der Waals surface area (Å²) in [5, 5.41) is 1.22. The van der Waals surface area contributed by atoms with E-state index in [2.05, 4.69) is 34.2 Å². The highest BCUT2D eigenvalue weighted by molar-refractivity contribution is 5.92. The molecule has 3 aromatic rings. The Morgan fingerprint density at radius 1 is 1.24 bits per heavy atom. The molecule has 1 aliphatic heterocycles. The summed E-state index contributed by atoms with van der Waals surface area (Å²) in [5.41, 5.74) is 2.90. The van der Waals surface area contributed by atoms with E-state index in [1.807, 2.05) is 28.8 Å². The van der Waals surface area contributed by atoms with Crippen molar-refractivity contribution in [3.8, 4) is 0 Å². The minimum Gasteiger partial charge on any atom is -0.340 e. The zero-order valence-corrected chi connectivity index (χ0v) is 14.4. The summed E-state index contributed by atoms with van der Waals surface area (Å²) < 4.78 is 1.82. The molecule has 1 saturated heterocycles. The average Bonchev–Trinajstić information content (AvgIpc) is 3.08. The molecule has 3 heterocycles. The SMILES string of the molecule is Cn1cnc(C(=O)N2CCC[C@@H](Cc3cccc4ncccc34)C2)c1. The molecule has 1 fully saturated rings. The predicted molar refractivity (Wildman–Crippen MR) is 97.3 cm³/mol. The van der Waals surface area contributed by atoms with E-state index in [9.17, 15) is 4.79 Å². The third-order valence-corrected chi connectivity index (χ3v) is 4.97. The number of nitrogens with zero attached hydrogens (tertiary/aromatic N) is 4.